The number of rotatable bonds is 5. The van der Waals surface area contributed by atoms with Crippen molar-refractivity contribution in [2.45, 2.75) is 71.5 Å². The third kappa shape index (κ3) is 4.29. The molecule has 0 aliphatic carbocycles. The van der Waals surface area contributed by atoms with Crippen molar-refractivity contribution in [2.75, 3.05) is 25.2 Å². The van der Waals surface area contributed by atoms with Gasteiger partial charge in [0.05, 0.1) is 19.4 Å². The van der Waals surface area contributed by atoms with E-state index in [2.05, 4.69) is 66.4 Å². The molecule has 5 heteroatoms. The highest BCUT2D eigenvalue weighted by atomic mass is 28.4. The fourth-order valence-electron chi connectivity index (χ4n) is 4.89. The van der Waals surface area contributed by atoms with Crippen LogP contribution in [0, 0.1) is 18.8 Å². The lowest BCUT2D eigenvalue weighted by Crippen LogP contribution is -2.47. The number of hydrogen-bond donors (Lipinski definition) is 0. The van der Waals surface area contributed by atoms with E-state index >= 15 is 0 Å². The molecule has 1 aliphatic heterocycles. The zero-order valence-electron chi connectivity index (χ0n) is 18.7. The van der Waals surface area contributed by atoms with Crippen molar-refractivity contribution in [3.63, 3.8) is 0 Å². The molecular formula is C23H35NO3Si. The lowest BCUT2D eigenvalue weighted by molar-refractivity contribution is 0.179. The molecule has 0 bridgehead atoms. The Morgan fingerprint density at radius 1 is 1.14 bits per heavy atom. The van der Waals surface area contributed by atoms with Crippen LogP contribution in [0.5, 0.6) is 0 Å². The summed E-state index contributed by atoms with van der Waals surface area (Å²) < 4.78 is 11.5. The van der Waals surface area contributed by atoms with Gasteiger partial charge in [-0.15, -0.1) is 0 Å². The Balaban J connectivity index is 2.29. The van der Waals surface area contributed by atoms with E-state index in [9.17, 15) is 4.79 Å². The van der Waals surface area contributed by atoms with Crippen molar-refractivity contribution >= 4 is 20.1 Å². The van der Waals surface area contributed by atoms with E-state index in [1.165, 1.54) is 7.11 Å². The summed E-state index contributed by atoms with van der Waals surface area (Å²) in [5.74, 6) is 6.52. The Hall–Kier alpha value is -1.77. The first-order valence-corrected chi connectivity index (χ1v) is 12.4. The molecule has 0 aromatic heterocycles. The van der Waals surface area contributed by atoms with Crippen LogP contribution in [0.4, 0.5) is 10.5 Å². The number of carbonyl (C=O) groups is 1. The zero-order valence-corrected chi connectivity index (χ0v) is 19.7. The Morgan fingerprint density at radius 2 is 1.75 bits per heavy atom. The largest absolute Gasteiger partial charge is 0.452 e. The van der Waals surface area contributed by atoms with Crippen LogP contribution in [-0.2, 0) is 15.6 Å². The fourth-order valence-corrected chi connectivity index (χ4v) is 10.2. The second-order valence-electron chi connectivity index (χ2n) is 8.60. The monoisotopic (exact) mass is 401 g/mol. The Kier molecular flexibility index (Phi) is 7.36. The SMILES string of the molecule is COC(=O)N1CCc2cc(C)cc(C#CCO[Si](C(C)C)(C(C)C)C(C)C)c21. The van der Waals surface area contributed by atoms with E-state index in [0.717, 1.165) is 28.8 Å². The summed E-state index contributed by atoms with van der Waals surface area (Å²) in [6.07, 6.45) is 0.509. The summed E-state index contributed by atoms with van der Waals surface area (Å²) in [5, 5.41) is 0. The van der Waals surface area contributed by atoms with Gasteiger partial charge in [0.25, 0.3) is 0 Å². The van der Waals surface area contributed by atoms with Crippen LogP contribution in [-0.4, -0.2) is 34.7 Å². The quantitative estimate of drug-likeness (QED) is 0.471. The average Bonchev–Trinajstić information content (AvgIpc) is 3.03. The number of ether oxygens (including phenoxy) is 1. The number of methoxy groups -OCH3 is 1. The molecule has 0 fully saturated rings. The molecule has 0 radical (unpaired) electrons. The molecule has 1 heterocycles. The van der Waals surface area contributed by atoms with Gasteiger partial charge in [0.1, 0.15) is 0 Å². The van der Waals surface area contributed by atoms with Crippen LogP contribution in [0.1, 0.15) is 58.2 Å². The predicted octanol–water partition coefficient (Wildman–Crippen LogP) is 5.67. The minimum Gasteiger partial charge on any atom is -0.452 e. The lowest BCUT2D eigenvalue weighted by atomic mass is 10.0. The summed E-state index contributed by atoms with van der Waals surface area (Å²) in [7, 11) is -0.503. The van der Waals surface area contributed by atoms with Gasteiger partial charge in [-0.2, -0.15) is 0 Å². The van der Waals surface area contributed by atoms with Gasteiger partial charge in [-0.05, 0) is 47.2 Å². The van der Waals surface area contributed by atoms with Gasteiger partial charge in [0.2, 0.25) is 8.32 Å². The summed E-state index contributed by atoms with van der Waals surface area (Å²) >= 11 is 0. The second kappa shape index (κ2) is 9.15. The highest BCUT2D eigenvalue weighted by Gasteiger charge is 2.44. The van der Waals surface area contributed by atoms with Crippen LogP contribution in [0.3, 0.4) is 0 Å². The highest BCUT2D eigenvalue weighted by Crippen LogP contribution is 2.42. The number of anilines is 1. The minimum atomic E-state index is -1.92. The number of amides is 1. The molecule has 0 saturated heterocycles. The number of hydrogen-bond acceptors (Lipinski definition) is 3. The van der Waals surface area contributed by atoms with Crippen molar-refractivity contribution in [1.29, 1.82) is 0 Å². The second-order valence-corrected chi connectivity index (χ2v) is 14.1. The van der Waals surface area contributed by atoms with Crippen molar-refractivity contribution in [3.8, 4) is 11.8 Å². The third-order valence-corrected chi connectivity index (χ3v) is 12.0. The van der Waals surface area contributed by atoms with Crippen molar-refractivity contribution < 1.29 is 14.0 Å². The van der Waals surface area contributed by atoms with E-state index in [-0.39, 0.29) is 6.09 Å². The zero-order chi connectivity index (χ0) is 21.1. The first-order chi connectivity index (χ1) is 13.1. The Bertz CT molecular complexity index is 752. The molecule has 0 N–H and O–H groups in total. The van der Waals surface area contributed by atoms with E-state index in [0.29, 0.717) is 29.8 Å². The normalized spacial score (nSPS) is 13.8. The molecule has 1 aromatic carbocycles. The van der Waals surface area contributed by atoms with Crippen molar-refractivity contribution in [3.05, 3.63) is 28.8 Å². The maximum atomic E-state index is 12.1. The van der Waals surface area contributed by atoms with E-state index < -0.39 is 8.32 Å². The molecule has 0 atom stereocenters. The maximum Gasteiger partial charge on any atom is 0.414 e. The van der Waals surface area contributed by atoms with Gasteiger partial charge in [-0.3, -0.25) is 4.90 Å². The van der Waals surface area contributed by atoms with Crippen LogP contribution < -0.4 is 4.90 Å². The minimum absolute atomic E-state index is 0.326. The van der Waals surface area contributed by atoms with E-state index in [1.807, 2.05) is 6.07 Å². The summed E-state index contributed by atoms with van der Waals surface area (Å²) in [4.78, 5) is 13.8. The smallest absolute Gasteiger partial charge is 0.414 e. The predicted molar refractivity (Wildman–Crippen MR) is 119 cm³/mol. The van der Waals surface area contributed by atoms with Crippen LogP contribution in [0.2, 0.25) is 16.6 Å². The van der Waals surface area contributed by atoms with Gasteiger partial charge in [0, 0.05) is 12.1 Å². The first-order valence-electron chi connectivity index (χ1n) is 10.3. The molecule has 0 spiro atoms. The molecule has 0 unspecified atom stereocenters. The van der Waals surface area contributed by atoms with Crippen molar-refractivity contribution in [2.24, 2.45) is 0 Å². The van der Waals surface area contributed by atoms with Crippen LogP contribution >= 0.6 is 0 Å². The van der Waals surface area contributed by atoms with Crippen LogP contribution in [0.15, 0.2) is 12.1 Å². The standard InChI is InChI=1S/C23H35NO3Si/c1-16(2)28(17(3)4,18(5)6)27-13-9-10-20-14-19(7)15-21-11-12-24(22(20)21)23(25)26-8/h14-18H,11-13H2,1-8H3. The number of carbonyl (C=O) groups excluding carboxylic acids is 1. The van der Waals surface area contributed by atoms with E-state index in [4.69, 9.17) is 9.16 Å². The molecule has 28 heavy (non-hydrogen) atoms. The molecule has 2 rings (SSSR count). The fraction of sp³-hybridized carbons (Fsp3) is 0.609. The topological polar surface area (TPSA) is 38.8 Å². The van der Waals surface area contributed by atoms with E-state index in [1.54, 1.807) is 4.90 Å². The molecule has 1 aromatic rings. The van der Waals surface area contributed by atoms with Gasteiger partial charge < -0.3 is 9.16 Å². The van der Waals surface area contributed by atoms with Crippen molar-refractivity contribution in [1.82, 2.24) is 0 Å². The van der Waals surface area contributed by atoms with Gasteiger partial charge in [-0.25, -0.2) is 4.79 Å². The molecular weight excluding hydrogens is 366 g/mol. The summed E-state index contributed by atoms with van der Waals surface area (Å²) in [6, 6.07) is 4.18. The average molecular weight is 402 g/mol. The number of aryl methyl sites for hydroxylation is 1. The van der Waals surface area contributed by atoms with Gasteiger partial charge >= 0.3 is 6.09 Å². The molecule has 154 valence electrons. The van der Waals surface area contributed by atoms with Gasteiger partial charge in [-0.1, -0.05) is 59.4 Å². The molecule has 1 amide bonds. The maximum absolute atomic E-state index is 12.1. The van der Waals surface area contributed by atoms with Crippen LogP contribution in [0.25, 0.3) is 0 Å². The highest BCUT2D eigenvalue weighted by molar-refractivity contribution is 6.77. The first kappa shape index (κ1) is 22.5. The third-order valence-electron chi connectivity index (χ3n) is 5.93. The lowest BCUT2D eigenvalue weighted by Gasteiger charge is -2.41. The molecule has 0 saturated carbocycles. The number of fused-ring (bicyclic) bond motifs is 1. The van der Waals surface area contributed by atoms with Gasteiger partial charge in [0.15, 0.2) is 0 Å². The number of benzene rings is 1. The number of nitrogens with zero attached hydrogens (tertiary/aromatic N) is 1. The summed E-state index contributed by atoms with van der Waals surface area (Å²) in [5.41, 5.74) is 5.70. The molecule has 1 aliphatic rings. The summed E-state index contributed by atoms with van der Waals surface area (Å²) in [6.45, 7) is 16.8. The Morgan fingerprint density at radius 3 is 2.29 bits per heavy atom. The molecule has 4 nitrogen and oxygen atoms in total. The Labute approximate surface area is 171 Å².